The molecule has 0 saturated carbocycles. The van der Waals surface area contributed by atoms with E-state index >= 15 is 0 Å². The molecule has 1 saturated heterocycles. The lowest BCUT2D eigenvalue weighted by Gasteiger charge is -2.29. The fourth-order valence-electron chi connectivity index (χ4n) is 3.22. The van der Waals surface area contributed by atoms with Crippen LogP contribution in [0.25, 0.3) is 0 Å². The van der Waals surface area contributed by atoms with Gasteiger partial charge in [0, 0.05) is 24.7 Å². The van der Waals surface area contributed by atoms with Crippen molar-refractivity contribution in [3.05, 3.63) is 17.7 Å². The van der Waals surface area contributed by atoms with Gasteiger partial charge in [0.1, 0.15) is 11.5 Å². The fraction of sp³-hybridized carbons (Fsp3) is 0.667. The summed E-state index contributed by atoms with van der Waals surface area (Å²) in [5.41, 5.74) is 1.21. The highest BCUT2D eigenvalue weighted by Crippen LogP contribution is 2.35. The van der Waals surface area contributed by atoms with Crippen LogP contribution in [0.1, 0.15) is 24.8 Å². The highest BCUT2D eigenvalue weighted by molar-refractivity contribution is 7.98. The van der Waals surface area contributed by atoms with Gasteiger partial charge in [0.2, 0.25) is 0 Å². The van der Waals surface area contributed by atoms with Crippen molar-refractivity contribution in [2.24, 2.45) is 0 Å². The molecule has 0 aromatic heterocycles. The number of hydrogen-bond donors (Lipinski definition) is 0. The number of likely N-dealkylation sites (tertiary alicyclic amines) is 1. The fourth-order valence-corrected chi connectivity index (χ4v) is 3.79. The Bertz CT molecular complexity index is 508. The second-order valence-corrected chi connectivity index (χ2v) is 7.22. The van der Waals surface area contributed by atoms with Gasteiger partial charge in [-0.05, 0) is 51.9 Å². The lowest BCUT2D eigenvalue weighted by molar-refractivity contribution is 0.189. The normalized spacial score (nSPS) is 19.7. The third kappa shape index (κ3) is 4.78. The Labute approximate surface area is 145 Å². The number of benzene rings is 1. The Kier molecular flexibility index (Phi) is 7.06. The van der Waals surface area contributed by atoms with E-state index in [0.717, 1.165) is 36.0 Å². The molecular formula is C18H30N2O2S. The van der Waals surface area contributed by atoms with E-state index in [1.54, 1.807) is 26.0 Å². The molecule has 1 unspecified atom stereocenters. The summed E-state index contributed by atoms with van der Waals surface area (Å²) in [6.07, 6.45) is 5.93. The molecule has 1 aromatic carbocycles. The van der Waals surface area contributed by atoms with Crippen molar-refractivity contribution in [3.63, 3.8) is 0 Å². The monoisotopic (exact) mass is 338 g/mol. The third-order valence-corrected chi connectivity index (χ3v) is 5.40. The van der Waals surface area contributed by atoms with E-state index in [1.165, 1.54) is 24.8 Å². The van der Waals surface area contributed by atoms with E-state index in [4.69, 9.17) is 9.47 Å². The van der Waals surface area contributed by atoms with E-state index < -0.39 is 0 Å². The quantitative estimate of drug-likeness (QED) is 0.741. The van der Waals surface area contributed by atoms with Crippen LogP contribution in [0, 0.1) is 0 Å². The Hall–Kier alpha value is -0.910. The summed E-state index contributed by atoms with van der Waals surface area (Å²) < 4.78 is 11.2. The summed E-state index contributed by atoms with van der Waals surface area (Å²) in [4.78, 5) is 6.02. The van der Waals surface area contributed by atoms with Crippen LogP contribution >= 0.6 is 11.8 Å². The van der Waals surface area contributed by atoms with Crippen LogP contribution in [0.3, 0.4) is 0 Å². The molecule has 0 N–H and O–H groups in total. The van der Waals surface area contributed by atoms with Gasteiger partial charge in [-0.3, -0.25) is 4.90 Å². The van der Waals surface area contributed by atoms with Gasteiger partial charge in [-0.25, -0.2) is 0 Å². The standard InChI is InChI=1S/C18H30N2O2S/c1-19(2)15-8-6-7-9-20(13-15)12-14-10-17(22-4)18(23-5)11-16(14)21-3/h10-11,15H,6-9,12-13H2,1-5H3. The first-order valence-electron chi connectivity index (χ1n) is 8.26. The minimum Gasteiger partial charge on any atom is -0.496 e. The first-order valence-corrected chi connectivity index (χ1v) is 9.49. The number of nitrogens with zero attached hydrogens (tertiary/aromatic N) is 2. The summed E-state index contributed by atoms with van der Waals surface area (Å²) in [5.74, 6) is 1.90. The van der Waals surface area contributed by atoms with Crippen LogP contribution in [0.4, 0.5) is 0 Å². The van der Waals surface area contributed by atoms with Crippen LogP contribution in [-0.2, 0) is 6.54 Å². The van der Waals surface area contributed by atoms with E-state index in [0.29, 0.717) is 6.04 Å². The molecule has 0 bridgehead atoms. The Balaban J connectivity index is 2.20. The van der Waals surface area contributed by atoms with Crippen LogP contribution < -0.4 is 9.47 Å². The average molecular weight is 339 g/mol. The van der Waals surface area contributed by atoms with Crippen LogP contribution in [0.2, 0.25) is 0 Å². The lowest BCUT2D eigenvalue weighted by atomic mass is 10.1. The van der Waals surface area contributed by atoms with Gasteiger partial charge in [0.15, 0.2) is 0 Å². The predicted molar refractivity (Wildman–Crippen MR) is 97.9 cm³/mol. The van der Waals surface area contributed by atoms with Crippen molar-refractivity contribution in [2.45, 2.75) is 36.7 Å². The molecule has 1 atom stereocenters. The molecule has 0 spiro atoms. The number of likely N-dealkylation sites (N-methyl/N-ethyl adjacent to an activating group) is 1. The number of methoxy groups -OCH3 is 2. The zero-order chi connectivity index (χ0) is 16.8. The highest BCUT2D eigenvalue weighted by atomic mass is 32.2. The van der Waals surface area contributed by atoms with Gasteiger partial charge in [0.05, 0.1) is 19.1 Å². The molecule has 23 heavy (non-hydrogen) atoms. The molecule has 0 amide bonds. The zero-order valence-corrected chi connectivity index (χ0v) is 15.9. The maximum absolute atomic E-state index is 5.63. The molecule has 1 fully saturated rings. The maximum Gasteiger partial charge on any atom is 0.132 e. The van der Waals surface area contributed by atoms with Crippen molar-refractivity contribution in [2.75, 3.05) is 47.7 Å². The molecule has 2 rings (SSSR count). The molecular weight excluding hydrogens is 308 g/mol. The third-order valence-electron chi connectivity index (χ3n) is 4.64. The van der Waals surface area contributed by atoms with E-state index in [2.05, 4.69) is 42.3 Å². The number of rotatable bonds is 6. The molecule has 1 aromatic rings. The van der Waals surface area contributed by atoms with Gasteiger partial charge in [-0.2, -0.15) is 0 Å². The van der Waals surface area contributed by atoms with Crippen molar-refractivity contribution in [1.29, 1.82) is 0 Å². The lowest BCUT2D eigenvalue weighted by Crippen LogP contribution is -2.38. The van der Waals surface area contributed by atoms with Crippen molar-refractivity contribution >= 4 is 11.8 Å². The summed E-state index contributed by atoms with van der Waals surface area (Å²) in [7, 11) is 7.86. The van der Waals surface area contributed by atoms with Gasteiger partial charge >= 0.3 is 0 Å². The predicted octanol–water partition coefficient (Wildman–Crippen LogP) is 3.34. The number of thioether (sulfide) groups is 1. The van der Waals surface area contributed by atoms with Crippen LogP contribution in [-0.4, -0.2) is 63.5 Å². The Morgan fingerprint density at radius 1 is 1.17 bits per heavy atom. The summed E-state index contributed by atoms with van der Waals surface area (Å²) in [6, 6.07) is 4.87. The van der Waals surface area contributed by atoms with Crippen LogP contribution in [0.5, 0.6) is 11.5 Å². The van der Waals surface area contributed by atoms with Crippen molar-refractivity contribution in [3.8, 4) is 11.5 Å². The maximum atomic E-state index is 5.63. The van der Waals surface area contributed by atoms with Crippen molar-refractivity contribution < 1.29 is 9.47 Å². The average Bonchev–Trinajstić information content (AvgIpc) is 2.80. The van der Waals surface area contributed by atoms with E-state index in [9.17, 15) is 0 Å². The SMILES string of the molecule is COc1cc(SC)c(OC)cc1CN1CCCCC(N(C)C)C1. The highest BCUT2D eigenvalue weighted by Gasteiger charge is 2.21. The topological polar surface area (TPSA) is 24.9 Å². The smallest absolute Gasteiger partial charge is 0.132 e. The van der Waals surface area contributed by atoms with Gasteiger partial charge < -0.3 is 14.4 Å². The number of hydrogen-bond acceptors (Lipinski definition) is 5. The summed E-state index contributed by atoms with van der Waals surface area (Å²) in [5, 5.41) is 0. The van der Waals surface area contributed by atoms with Crippen molar-refractivity contribution in [1.82, 2.24) is 9.80 Å². The molecule has 1 aliphatic rings. The molecule has 5 heteroatoms. The minimum atomic E-state index is 0.635. The Morgan fingerprint density at radius 2 is 1.91 bits per heavy atom. The molecule has 4 nitrogen and oxygen atoms in total. The second-order valence-electron chi connectivity index (χ2n) is 6.37. The first kappa shape index (κ1) is 18.4. The number of ether oxygens (including phenoxy) is 2. The van der Waals surface area contributed by atoms with E-state index in [1.807, 2.05) is 0 Å². The van der Waals surface area contributed by atoms with E-state index in [-0.39, 0.29) is 0 Å². The largest absolute Gasteiger partial charge is 0.496 e. The second kappa shape index (κ2) is 8.81. The first-order chi connectivity index (χ1) is 11.1. The van der Waals surface area contributed by atoms with Crippen LogP contribution in [0.15, 0.2) is 17.0 Å². The van der Waals surface area contributed by atoms with Gasteiger partial charge in [-0.1, -0.05) is 6.42 Å². The molecule has 130 valence electrons. The van der Waals surface area contributed by atoms with Gasteiger partial charge in [-0.15, -0.1) is 11.8 Å². The zero-order valence-electron chi connectivity index (χ0n) is 15.1. The molecule has 1 aliphatic heterocycles. The van der Waals surface area contributed by atoms with Gasteiger partial charge in [0.25, 0.3) is 0 Å². The molecule has 0 radical (unpaired) electrons. The summed E-state index contributed by atoms with van der Waals surface area (Å²) >= 11 is 1.69. The molecule has 1 heterocycles. The summed E-state index contributed by atoms with van der Waals surface area (Å²) in [6.45, 7) is 3.18. The molecule has 0 aliphatic carbocycles. The minimum absolute atomic E-state index is 0.635. The Morgan fingerprint density at radius 3 is 2.52 bits per heavy atom.